The number of carbonyl (C=O) groups excluding carboxylic acids is 2. The van der Waals surface area contributed by atoms with E-state index in [1.54, 1.807) is 19.2 Å². The van der Waals surface area contributed by atoms with Gasteiger partial charge in [-0.1, -0.05) is 0 Å². The minimum absolute atomic E-state index is 0.115. The van der Waals surface area contributed by atoms with Crippen LogP contribution in [0.3, 0.4) is 0 Å². The maximum Gasteiger partial charge on any atom is 0.232 e. The monoisotopic (exact) mass is 264 g/mol. The second kappa shape index (κ2) is 4.64. The van der Waals surface area contributed by atoms with Crippen LogP contribution in [0.5, 0.6) is 0 Å². The van der Waals surface area contributed by atoms with E-state index in [0.717, 1.165) is 0 Å². The third kappa shape index (κ3) is 2.59. The zero-order valence-corrected chi connectivity index (χ0v) is 11.2. The Morgan fingerprint density at radius 1 is 1.37 bits per heavy atom. The van der Waals surface area contributed by atoms with Crippen molar-refractivity contribution in [2.45, 2.75) is 25.8 Å². The Morgan fingerprint density at radius 3 is 2.42 bits per heavy atom. The number of hydrogen-bond acceptors (Lipinski definition) is 2. The number of carbonyl (C=O) groups is 2. The molecule has 1 aromatic carbocycles. The summed E-state index contributed by atoms with van der Waals surface area (Å²) in [7, 11) is 1.63. The summed E-state index contributed by atoms with van der Waals surface area (Å²) in [6.45, 7) is 3.66. The van der Waals surface area contributed by atoms with E-state index in [-0.39, 0.29) is 24.1 Å². The molecule has 0 saturated carbocycles. The summed E-state index contributed by atoms with van der Waals surface area (Å²) >= 11 is 0. The molecule has 0 aliphatic carbocycles. The van der Waals surface area contributed by atoms with Gasteiger partial charge in [-0.15, -0.1) is 0 Å². The first kappa shape index (κ1) is 13.5. The molecule has 2 amide bonds. The van der Waals surface area contributed by atoms with E-state index in [4.69, 9.17) is 0 Å². The summed E-state index contributed by atoms with van der Waals surface area (Å²) in [4.78, 5) is 25.3. The predicted molar refractivity (Wildman–Crippen MR) is 70.1 cm³/mol. The zero-order chi connectivity index (χ0) is 14.2. The van der Waals surface area contributed by atoms with Crippen LogP contribution in [0.4, 0.5) is 10.1 Å². The molecule has 5 heteroatoms. The molecule has 1 aliphatic rings. The van der Waals surface area contributed by atoms with Gasteiger partial charge in [-0.2, -0.15) is 0 Å². The van der Waals surface area contributed by atoms with Gasteiger partial charge in [0.1, 0.15) is 5.82 Å². The maximum atomic E-state index is 12.9. The summed E-state index contributed by atoms with van der Waals surface area (Å²) in [5, 5.41) is 2.79. The molecule has 4 nitrogen and oxygen atoms in total. The van der Waals surface area contributed by atoms with Gasteiger partial charge in [-0.05, 0) is 38.1 Å². The van der Waals surface area contributed by atoms with Gasteiger partial charge in [0.2, 0.25) is 11.8 Å². The lowest BCUT2D eigenvalue weighted by atomic mass is 9.88. The van der Waals surface area contributed by atoms with E-state index < -0.39 is 11.5 Å². The van der Waals surface area contributed by atoms with Gasteiger partial charge in [-0.3, -0.25) is 9.59 Å². The first-order valence-corrected chi connectivity index (χ1v) is 6.15. The fourth-order valence-electron chi connectivity index (χ4n) is 2.36. The van der Waals surface area contributed by atoms with E-state index in [9.17, 15) is 14.0 Å². The van der Waals surface area contributed by atoms with Crippen LogP contribution in [-0.4, -0.2) is 24.4 Å². The van der Waals surface area contributed by atoms with E-state index in [1.807, 2.05) is 13.8 Å². The standard InChI is InChI=1S/C14H17FN2O2/c1-14(2)11(8-12(18)16-14)13(19)17(3)10-6-4-9(15)5-7-10/h4-7,11H,8H2,1-3H3,(H,16,18). The Morgan fingerprint density at radius 2 is 1.95 bits per heavy atom. The smallest absolute Gasteiger partial charge is 0.232 e. The number of benzene rings is 1. The van der Waals surface area contributed by atoms with Crippen molar-refractivity contribution >= 4 is 17.5 Å². The van der Waals surface area contributed by atoms with Crippen molar-refractivity contribution < 1.29 is 14.0 Å². The summed E-state index contributed by atoms with van der Waals surface area (Å²) in [6, 6.07) is 5.71. The Labute approximate surface area is 111 Å². The van der Waals surface area contributed by atoms with Crippen LogP contribution < -0.4 is 10.2 Å². The van der Waals surface area contributed by atoms with Gasteiger partial charge in [0.25, 0.3) is 0 Å². The lowest BCUT2D eigenvalue weighted by molar-refractivity contribution is -0.124. The van der Waals surface area contributed by atoms with Gasteiger partial charge in [0, 0.05) is 24.7 Å². The molecule has 102 valence electrons. The molecule has 0 spiro atoms. The van der Waals surface area contributed by atoms with Crippen LogP contribution in [-0.2, 0) is 9.59 Å². The molecule has 1 aromatic rings. The summed E-state index contributed by atoms with van der Waals surface area (Å²) in [6.07, 6.45) is 0.192. The molecule has 1 heterocycles. The van der Waals surface area contributed by atoms with Crippen molar-refractivity contribution in [2.24, 2.45) is 5.92 Å². The predicted octanol–water partition coefficient (Wildman–Crippen LogP) is 1.70. The first-order valence-electron chi connectivity index (χ1n) is 6.15. The highest BCUT2D eigenvalue weighted by Gasteiger charge is 2.44. The SMILES string of the molecule is CN(C(=O)C1CC(=O)NC1(C)C)c1ccc(F)cc1. The maximum absolute atomic E-state index is 12.9. The van der Waals surface area contributed by atoms with Crippen LogP contribution in [0.25, 0.3) is 0 Å². The third-order valence-corrected chi connectivity index (χ3v) is 3.56. The second-order valence-electron chi connectivity index (χ2n) is 5.40. The number of amides is 2. The van der Waals surface area contributed by atoms with Crippen molar-refractivity contribution in [3.05, 3.63) is 30.1 Å². The number of anilines is 1. The average Bonchev–Trinajstić information content (AvgIpc) is 2.61. The molecule has 0 bridgehead atoms. The molecule has 1 fully saturated rings. The summed E-state index contributed by atoms with van der Waals surface area (Å²) < 4.78 is 12.9. The average molecular weight is 264 g/mol. The fraction of sp³-hybridized carbons (Fsp3) is 0.429. The van der Waals surface area contributed by atoms with Crippen LogP contribution in [0, 0.1) is 11.7 Å². The minimum Gasteiger partial charge on any atom is -0.350 e. The highest BCUT2D eigenvalue weighted by atomic mass is 19.1. The first-order chi connectivity index (χ1) is 8.81. The van der Waals surface area contributed by atoms with Crippen molar-refractivity contribution in [2.75, 3.05) is 11.9 Å². The molecule has 0 radical (unpaired) electrons. The van der Waals surface area contributed by atoms with Gasteiger partial charge in [0.05, 0.1) is 5.92 Å². The highest BCUT2D eigenvalue weighted by molar-refractivity contribution is 5.99. The van der Waals surface area contributed by atoms with Crippen LogP contribution in [0.2, 0.25) is 0 Å². The molecule has 1 atom stereocenters. The van der Waals surface area contributed by atoms with Gasteiger partial charge < -0.3 is 10.2 Å². The molecule has 1 saturated heterocycles. The summed E-state index contributed by atoms with van der Waals surface area (Å²) in [5.74, 6) is -1.01. The quantitative estimate of drug-likeness (QED) is 0.884. The van der Waals surface area contributed by atoms with Crippen molar-refractivity contribution in [3.63, 3.8) is 0 Å². The molecular formula is C14H17FN2O2. The van der Waals surface area contributed by atoms with Crippen molar-refractivity contribution in [3.8, 4) is 0 Å². The zero-order valence-electron chi connectivity index (χ0n) is 11.2. The van der Waals surface area contributed by atoms with Gasteiger partial charge >= 0.3 is 0 Å². The molecule has 19 heavy (non-hydrogen) atoms. The Bertz CT molecular complexity index is 511. The van der Waals surface area contributed by atoms with Gasteiger partial charge in [0.15, 0.2) is 0 Å². The van der Waals surface area contributed by atoms with Crippen LogP contribution in [0.1, 0.15) is 20.3 Å². The molecule has 1 N–H and O–H groups in total. The Hall–Kier alpha value is -1.91. The van der Waals surface area contributed by atoms with Crippen molar-refractivity contribution in [1.82, 2.24) is 5.32 Å². The molecule has 1 aliphatic heterocycles. The number of hydrogen-bond donors (Lipinski definition) is 1. The van der Waals surface area contributed by atoms with Gasteiger partial charge in [-0.25, -0.2) is 4.39 Å². The number of halogens is 1. The summed E-state index contributed by atoms with van der Waals surface area (Å²) in [5.41, 5.74) is 0.0594. The fourth-order valence-corrected chi connectivity index (χ4v) is 2.36. The highest BCUT2D eigenvalue weighted by Crippen LogP contribution is 2.29. The van der Waals surface area contributed by atoms with Crippen molar-refractivity contribution in [1.29, 1.82) is 0 Å². The lowest BCUT2D eigenvalue weighted by Gasteiger charge is -2.29. The van der Waals surface area contributed by atoms with Crippen LogP contribution in [0.15, 0.2) is 24.3 Å². The largest absolute Gasteiger partial charge is 0.350 e. The topological polar surface area (TPSA) is 49.4 Å². The Kier molecular flexibility index (Phi) is 3.30. The lowest BCUT2D eigenvalue weighted by Crippen LogP contribution is -2.46. The van der Waals surface area contributed by atoms with E-state index >= 15 is 0 Å². The normalized spacial score (nSPS) is 21.1. The molecule has 0 aromatic heterocycles. The van der Waals surface area contributed by atoms with E-state index in [1.165, 1.54) is 17.0 Å². The third-order valence-electron chi connectivity index (χ3n) is 3.56. The number of rotatable bonds is 2. The second-order valence-corrected chi connectivity index (χ2v) is 5.40. The molecule has 1 unspecified atom stereocenters. The number of nitrogens with one attached hydrogen (secondary N) is 1. The van der Waals surface area contributed by atoms with E-state index in [0.29, 0.717) is 5.69 Å². The van der Waals surface area contributed by atoms with Crippen LogP contribution >= 0.6 is 0 Å². The minimum atomic E-state index is -0.553. The molecular weight excluding hydrogens is 247 g/mol. The molecule has 2 rings (SSSR count). The Balaban J connectivity index is 2.20. The van der Waals surface area contributed by atoms with E-state index in [2.05, 4.69) is 5.32 Å². The number of nitrogens with zero attached hydrogens (tertiary/aromatic N) is 1.